The molecule has 20 heavy (non-hydrogen) atoms. The van der Waals surface area contributed by atoms with E-state index < -0.39 is 0 Å². The molecule has 0 aliphatic heterocycles. The number of rotatable bonds is 4. The zero-order valence-corrected chi connectivity index (χ0v) is 12.2. The fraction of sp³-hybridized carbons (Fsp3) is 0.588. The topological polar surface area (TPSA) is 55.1 Å². The lowest BCUT2D eigenvalue weighted by Gasteiger charge is -2.31. The van der Waals surface area contributed by atoms with Gasteiger partial charge >= 0.3 is 0 Å². The van der Waals surface area contributed by atoms with Gasteiger partial charge in [-0.1, -0.05) is 18.9 Å². The molecule has 1 aromatic carbocycles. The lowest BCUT2D eigenvalue weighted by molar-refractivity contribution is 0.1000. The van der Waals surface area contributed by atoms with Crippen LogP contribution in [0.5, 0.6) is 0 Å². The van der Waals surface area contributed by atoms with Crippen molar-refractivity contribution >= 4 is 11.6 Å². The molecule has 0 aromatic heterocycles. The summed E-state index contributed by atoms with van der Waals surface area (Å²) in [5, 5.41) is 3.65. The maximum Gasteiger partial charge on any atom is 0.249 e. The largest absolute Gasteiger partial charge is 0.382 e. The maximum absolute atomic E-state index is 11.4. The number of anilines is 1. The van der Waals surface area contributed by atoms with Gasteiger partial charge in [-0.15, -0.1) is 0 Å². The van der Waals surface area contributed by atoms with Crippen LogP contribution in [0.4, 0.5) is 5.69 Å². The number of carbonyl (C=O) groups is 1. The van der Waals surface area contributed by atoms with Crippen molar-refractivity contribution < 1.29 is 4.79 Å². The van der Waals surface area contributed by atoms with Crippen LogP contribution in [0, 0.1) is 18.8 Å². The minimum atomic E-state index is -0.342. The summed E-state index contributed by atoms with van der Waals surface area (Å²) < 4.78 is 0. The second-order valence-corrected chi connectivity index (χ2v) is 6.45. The van der Waals surface area contributed by atoms with Crippen LogP contribution in [-0.4, -0.2) is 11.9 Å². The number of benzene rings is 1. The molecule has 3 heteroatoms. The smallest absolute Gasteiger partial charge is 0.249 e. The highest BCUT2D eigenvalue weighted by atomic mass is 16.1. The molecular weight excluding hydrogens is 248 g/mol. The van der Waals surface area contributed by atoms with Crippen LogP contribution in [0.15, 0.2) is 18.2 Å². The molecule has 2 aliphatic carbocycles. The van der Waals surface area contributed by atoms with E-state index in [2.05, 4.69) is 11.4 Å². The average molecular weight is 272 g/mol. The summed E-state index contributed by atoms with van der Waals surface area (Å²) in [7, 11) is 0. The molecule has 0 radical (unpaired) electrons. The van der Waals surface area contributed by atoms with Gasteiger partial charge in [0.05, 0.1) is 0 Å². The lowest BCUT2D eigenvalue weighted by atomic mass is 9.82. The van der Waals surface area contributed by atoms with Gasteiger partial charge in [-0.25, -0.2) is 0 Å². The Morgan fingerprint density at radius 1 is 1.20 bits per heavy atom. The molecule has 108 valence electrons. The Morgan fingerprint density at radius 3 is 2.70 bits per heavy atom. The average Bonchev–Trinajstić information content (AvgIpc) is 3.25. The van der Waals surface area contributed by atoms with E-state index >= 15 is 0 Å². The van der Waals surface area contributed by atoms with Crippen molar-refractivity contribution in [3.63, 3.8) is 0 Å². The van der Waals surface area contributed by atoms with Gasteiger partial charge in [0, 0.05) is 17.3 Å². The van der Waals surface area contributed by atoms with Crippen molar-refractivity contribution in [2.24, 2.45) is 17.6 Å². The molecule has 2 fully saturated rings. The van der Waals surface area contributed by atoms with Crippen molar-refractivity contribution in [2.45, 2.75) is 51.5 Å². The number of primary amides is 1. The molecule has 3 N–H and O–H groups in total. The molecule has 0 bridgehead atoms. The van der Waals surface area contributed by atoms with Crippen LogP contribution in [0.1, 0.15) is 54.4 Å². The van der Waals surface area contributed by atoms with Crippen molar-refractivity contribution in [1.82, 2.24) is 0 Å². The third kappa shape index (κ3) is 2.82. The maximum atomic E-state index is 11.4. The highest BCUT2D eigenvalue weighted by molar-refractivity contribution is 5.95. The fourth-order valence-electron chi connectivity index (χ4n) is 3.63. The standard InChI is InChI=1S/C17H24N2O/c1-11-15(17(18)20)6-3-7-16(11)19-14-5-2-4-13(10-14)12-8-9-12/h3,6-7,12-14,19H,2,4-5,8-10H2,1H3,(H2,18,20). The third-order valence-corrected chi connectivity index (χ3v) is 4.96. The number of hydrogen-bond donors (Lipinski definition) is 2. The van der Waals surface area contributed by atoms with E-state index in [4.69, 9.17) is 5.73 Å². The van der Waals surface area contributed by atoms with Crippen LogP contribution in [-0.2, 0) is 0 Å². The molecule has 3 rings (SSSR count). The molecule has 2 aliphatic rings. The van der Waals surface area contributed by atoms with Crippen molar-refractivity contribution in [3.05, 3.63) is 29.3 Å². The van der Waals surface area contributed by atoms with Crippen LogP contribution in [0.25, 0.3) is 0 Å². The summed E-state index contributed by atoms with van der Waals surface area (Å²) in [5.41, 5.74) is 8.10. The summed E-state index contributed by atoms with van der Waals surface area (Å²) in [6.45, 7) is 1.98. The molecule has 2 atom stereocenters. The normalized spacial score (nSPS) is 26.2. The molecule has 0 spiro atoms. The minimum Gasteiger partial charge on any atom is -0.382 e. The van der Waals surface area contributed by atoms with Gasteiger partial charge < -0.3 is 11.1 Å². The quantitative estimate of drug-likeness (QED) is 0.881. The van der Waals surface area contributed by atoms with Gasteiger partial charge in [-0.3, -0.25) is 4.79 Å². The molecule has 0 saturated heterocycles. The van der Waals surface area contributed by atoms with E-state index in [0.717, 1.165) is 23.1 Å². The summed E-state index contributed by atoms with van der Waals surface area (Å²) in [5.74, 6) is 1.57. The van der Waals surface area contributed by atoms with Gasteiger partial charge in [0.2, 0.25) is 5.91 Å². The molecule has 1 amide bonds. The predicted molar refractivity (Wildman–Crippen MR) is 81.8 cm³/mol. The Bertz CT molecular complexity index is 508. The Balaban J connectivity index is 1.70. The fourth-order valence-corrected chi connectivity index (χ4v) is 3.63. The molecule has 1 aromatic rings. The lowest BCUT2D eigenvalue weighted by Crippen LogP contribution is -2.28. The first-order valence-electron chi connectivity index (χ1n) is 7.81. The van der Waals surface area contributed by atoms with Gasteiger partial charge in [0.25, 0.3) is 0 Å². The second-order valence-electron chi connectivity index (χ2n) is 6.45. The first-order valence-corrected chi connectivity index (χ1v) is 7.81. The van der Waals surface area contributed by atoms with E-state index in [-0.39, 0.29) is 5.91 Å². The van der Waals surface area contributed by atoms with Crippen molar-refractivity contribution in [3.8, 4) is 0 Å². The number of carbonyl (C=O) groups excluding carboxylic acids is 1. The van der Waals surface area contributed by atoms with Gasteiger partial charge in [0.1, 0.15) is 0 Å². The molecule has 2 saturated carbocycles. The Morgan fingerprint density at radius 2 is 2.00 bits per heavy atom. The van der Waals surface area contributed by atoms with Gasteiger partial charge in [-0.05, 0) is 62.1 Å². The number of hydrogen-bond acceptors (Lipinski definition) is 2. The van der Waals surface area contributed by atoms with Crippen molar-refractivity contribution in [1.29, 1.82) is 0 Å². The number of amides is 1. The number of nitrogens with two attached hydrogens (primary N) is 1. The first-order chi connectivity index (χ1) is 9.65. The highest BCUT2D eigenvalue weighted by Gasteiger charge is 2.34. The second kappa shape index (κ2) is 5.47. The van der Waals surface area contributed by atoms with Crippen LogP contribution < -0.4 is 11.1 Å². The molecular formula is C17H24N2O. The van der Waals surface area contributed by atoms with Crippen LogP contribution in [0.2, 0.25) is 0 Å². The first kappa shape index (κ1) is 13.5. The van der Waals surface area contributed by atoms with E-state index in [1.165, 1.54) is 38.5 Å². The SMILES string of the molecule is Cc1c(NC2CCCC(C3CC3)C2)cccc1C(N)=O. The van der Waals surface area contributed by atoms with E-state index in [0.29, 0.717) is 11.6 Å². The van der Waals surface area contributed by atoms with Crippen molar-refractivity contribution in [2.75, 3.05) is 5.32 Å². The van der Waals surface area contributed by atoms with Gasteiger partial charge in [0.15, 0.2) is 0 Å². The van der Waals surface area contributed by atoms with E-state index in [1.807, 2.05) is 13.0 Å². The summed E-state index contributed by atoms with van der Waals surface area (Å²) >= 11 is 0. The predicted octanol–water partition coefficient (Wildman–Crippen LogP) is 3.47. The monoisotopic (exact) mass is 272 g/mol. The van der Waals surface area contributed by atoms with Gasteiger partial charge in [-0.2, -0.15) is 0 Å². The minimum absolute atomic E-state index is 0.342. The zero-order chi connectivity index (χ0) is 14.1. The van der Waals surface area contributed by atoms with E-state index in [1.54, 1.807) is 6.07 Å². The molecule has 0 heterocycles. The van der Waals surface area contributed by atoms with Crippen LogP contribution in [0.3, 0.4) is 0 Å². The number of nitrogens with one attached hydrogen (secondary N) is 1. The summed E-state index contributed by atoms with van der Waals surface area (Å²) in [6.07, 6.45) is 8.13. The zero-order valence-electron chi connectivity index (χ0n) is 12.2. The Kier molecular flexibility index (Phi) is 3.68. The molecule has 2 unspecified atom stereocenters. The Hall–Kier alpha value is -1.51. The molecule has 3 nitrogen and oxygen atoms in total. The Labute approximate surface area is 120 Å². The third-order valence-electron chi connectivity index (χ3n) is 4.96. The summed E-state index contributed by atoms with van der Waals surface area (Å²) in [6, 6.07) is 6.33. The summed E-state index contributed by atoms with van der Waals surface area (Å²) in [4.78, 5) is 11.4. The van der Waals surface area contributed by atoms with E-state index in [9.17, 15) is 4.79 Å². The van der Waals surface area contributed by atoms with Crippen LogP contribution >= 0.6 is 0 Å². The highest BCUT2D eigenvalue weighted by Crippen LogP contribution is 2.44.